The molecule has 0 aromatic carbocycles. The molecular weight excluding hydrogens is 913 g/mol. The van der Waals surface area contributed by atoms with Gasteiger partial charge in [0, 0.05) is 19.3 Å². The molecule has 0 aliphatic carbocycles. The fraction of sp³-hybridized carbons (Fsp3) is 0.721. The molecular formula is C68H116O6. The summed E-state index contributed by atoms with van der Waals surface area (Å²) in [6.45, 7) is 6.45. The van der Waals surface area contributed by atoms with Crippen LogP contribution in [0.5, 0.6) is 0 Å². The first-order valence-electron chi connectivity index (χ1n) is 31.2. The summed E-state index contributed by atoms with van der Waals surface area (Å²) in [5.74, 6) is -0.903. The zero-order chi connectivity index (χ0) is 53.6. The fourth-order valence-electron chi connectivity index (χ4n) is 8.62. The lowest BCUT2D eigenvalue weighted by molar-refractivity contribution is -0.167. The van der Waals surface area contributed by atoms with E-state index in [0.29, 0.717) is 19.3 Å². The van der Waals surface area contributed by atoms with Crippen LogP contribution in [0.3, 0.4) is 0 Å². The smallest absolute Gasteiger partial charge is 0.306 e. The van der Waals surface area contributed by atoms with Crippen LogP contribution >= 0.6 is 0 Å². The fourth-order valence-corrected chi connectivity index (χ4v) is 8.62. The number of rotatable bonds is 56. The highest BCUT2D eigenvalue weighted by Gasteiger charge is 2.19. The minimum atomic E-state index is -0.788. The molecule has 424 valence electrons. The van der Waals surface area contributed by atoms with Crippen LogP contribution in [0.15, 0.2) is 97.2 Å². The molecule has 0 aliphatic rings. The van der Waals surface area contributed by atoms with Crippen molar-refractivity contribution in [1.82, 2.24) is 0 Å². The van der Waals surface area contributed by atoms with Gasteiger partial charge in [0.2, 0.25) is 0 Å². The summed E-state index contributed by atoms with van der Waals surface area (Å²) in [6, 6.07) is 0. The molecule has 0 radical (unpaired) electrons. The molecule has 0 rings (SSSR count). The Kier molecular flexibility index (Phi) is 58.8. The van der Waals surface area contributed by atoms with Crippen molar-refractivity contribution in [3.05, 3.63) is 97.2 Å². The largest absolute Gasteiger partial charge is 0.462 e. The third-order valence-electron chi connectivity index (χ3n) is 13.3. The van der Waals surface area contributed by atoms with Gasteiger partial charge in [0.15, 0.2) is 6.10 Å². The Balaban J connectivity index is 4.29. The van der Waals surface area contributed by atoms with Crippen LogP contribution in [-0.2, 0) is 28.6 Å². The van der Waals surface area contributed by atoms with Gasteiger partial charge in [-0.05, 0) is 116 Å². The van der Waals surface area contributed by atoms with Crippen molar-refractivity contribution < 1.29 is 28.6 Å². The molecule has 0 saturated carbocycles. The number of hydrogen-bond donors (Lipinski definition) is 0. The number of allylic oxidation sites excluding steroid dienone is 16. The first-order chi connectivity index (χ1) is 36.5. The van der Waals surface area contributed by atoms with Gasteiger partial charge in [0.25, 0.3) is 0 Å². The van der Waals surface area contributed by atoms with Crippen molar-refractivity contribution in [3.8, 4) is 0 Å². The average Bonchev–Trinajstić information content (AvgIpc) is 3.40. The van der Waals surface area contributed by atoms with Crippen molar-refractivity contribution in [2.75, 3.05) is 13.2 Å². The minimum absolute atomic E-state index is 0.0860. The Labute approximate surface area is 457 Å². The molecule has 0 spiro atoms. The first-order valence-corrected chi connectivity index (χ1v) is 31.2. The molecule has 0 aromatic rings. The maximum atomic E-state index is 12.9. The molecule has 0 fully saturated rings. The van der Waals surface area contributed by atoms with E-state index < -0.39 is 6.10 Å². The predicted octanol–water partition coefficient (Wildman–Crippen LogP) is 21.3. The van der Waals surface area contributed by atoms with E-state index in [1.807, 2.05) is 0 Å². The summed E-state index contributed by atoms with van der Waals surface area (Å²) < 4.78 is 16.9. The average molecular weight is 1030 g/mol. The van der Waals surface area contributed by atoms with Gasteiger partial charge in [-0.1, -0.05) is 259 Å². The molecule has 6 heteroatoms. The molecule has 0 N–H and O–H groups in total. The Bertz CT molecular complexity index is 1460. The van der Waals surface area contributed by atoms with Crippen molar-refractivity contribution in [1.29, 1.82) is 0 Å². The number of carbonyl (C=O) groups excluding carboxylic acids is 3. The number of hydrogen-bond acceptors (Lipinski definition) is 6. The lowest BCUT2D eigenvalue weighted by Gasteiger charge is -2.18. The summed E-state index contributed by atoms with van der Waals surface area (Å²) in [7, 11) is 0. The lowest BCUT2D eigenvalue weighted by Crippen LogP contribution is -2.30. The van der Waals surface area contributed by atoms with Crippen LogP contribution in [0, 0.1) is 0 Å². The second-order valence-corrected chi connectivity index (χ2v) is 20.6. The minimum Gasteiger partial charge on any atom is -0.462 e. The van der Waals surface area contributed by atoms with Crippen molar-refractivity contribution in [3.63, 3.8) is 0 Å². The topological polar surface area (TPSA) is 78.9 Å². The first kappa shape index (κ1) is 70.3. The molecule has 0 aromatic heterocycles. The van der Waals surface area contributed by atoms with Crippen LogP contribution in [0.1, 0.15) is 297 Å². The maximum absolute atomic E-state index is 12.9. The van der Waals surface area contributed by atoms with E-state index in [9.17, 15) is 14.4 Å². The van der Waals surface area contributed by atoms with Crippen LogP contribution < -0.4 is 0 Å². The predicted molar refractivity (Wildman–Crippen MR) is 320 cm³/mol. The van der Waals surface area contributed by atoms with Gasteiger partial charge < -0.3 is 14.2 Å². The summed E-state index contributed by atoms with van der Waals surface area (Å²) in [6.07, 6.45) is 82.7. The number of esters is 3. The second kappa shape index (κ2) is 61.9. The highest BCUT2D eigenvalue weighted by Crippen LogP contribution is 2.16. The van der Waals surface area contributed by atoms with Crippen LogP contribution in [0.4, 0.5) is 0 Å². The Morgan fingerprint density at radius 1 is 0.284 bits per heavy atom. The van der Waals surface area contributed by atoms with Crippen molar-refractivity contribution in [2.24, 2.45) is 0 Å². The quantitative estimate of drug-likeness (QED) is 0.0261. The van der Waals surface area contributed by atoms with E-state index in [1.54, 1.807) is 0 Å². The van der Waals surface area contributed by atoms with Gasteiger partial charge in [-0.15, -0.1) is 0 Å². The molecule has 0 bridgehead atoms. The normalized spacial score (nSPS) is 12.7. The molecule has 74 heavy (non-hydrogen) atoms. The maximum Gasteiger partial charge on any atom is 0.306 e. The Morgan fingerprint density at radius 3 is 0.892 bits per heavy atom. The lowest BCUT2D eigenvalue weighted by atomic mass is 10.0. The highest BCUT2D eigenvalue weighted by atomic mass is 16.6. The third-order valence-corrected chi connectivity index (χ3v) is 13.3. The number of ether oxygens (including phenoxy) is 3. The number of unbranched alkanes of at least 4 members (excludes halogenated alkanes) is 29. The summed E-state index contributed by atoms with van der Waals surface area (Å²) >= 11 is 0. The second-order valence-electron chi connectivity index (χ2n) is 20.6. The van der Waals surface area contributed by atoms with E-state index in [-0.39, 0.29) is 31.1 Å². The van der Waals surface area contributed by atoms with E-state index in [4.69, 9.17) is 14.2 Å². The zero-order valence-electron chi connectivity index (χ0n) is 48.6. The third kappa shape index (κ3) is 59.2. The van der Waals surface area contributed by atoms with Crippen molar-refractivity contribution in [2.45, 2.75) is 303 Å². The SMILES string of the molecule is CC/C=C\C/C=C\C/C=C\C/C=C\C/C=C\CCCCCCCCCC(=O)OCC(COC(=O)CCCCCCC/C=C\CCC)OC(=O)CCCCCCCCCCCCC/C=C\C/C=C\CCCCCCC. The van der Waals surface area contributed by atoms with Gasteiger partial charge >= 0.3 is 17.9 Å². The summed E-state index contributed by atoms with van der Waals surface area (Å²) in [5, 5.41) is 0. The van der Waals surface area contributed by atoms with E-state index >= 15 is 0 Å². The molecule has 1 unspecified atom stereocenters. The zero-order valence-corrected chi connectivity index (χ0v) is 48.6. The molecule has 6 nitrogen and oxygen atoms in total. The van der Waals surface area contributed by atoms with E-state index in [0.717, 1.165) is 116 Å². The van der Waals surface area contributed by atoms with Gasteiger partial charge in [-0.3, -0.25) is 14.4 Å². The van der Waals surface area contributed by atoms with Crippen molar-refractivity contribution >= 4 is 17.9 Å². The van der Waals surface area contributed by atoms with E-state index in [1.165, 1.54) is 141 Å². The van der Waals surface area contributed by atoms with Gasteiger partial charge in [0.05, 0.1) is 0 Å². The highest BCUT2D eigenvalue weighted by molar-refractivity contribution is 5.71. The Hall–Kier alpha value is -3.67. The van der Waals surface area contributed by atoms with E-state index in [2.05, 4.69) is 118 Å². The molecule has 0 heterocycles. The van der Waals surface area contributed by atoms with Crippen LogP contribution in [0.25, 0.3) is 0 Å². The monoisotopic (exact) mass is 1030 g/mol. The van der Waals surface area contributed by atoms with Gasteiger partial charge in [0.1, 0.15) is 13.2 Å². The summed E-state index contributed by atoms with van der Waals surface area (Å²) in [4.78, 5) is 38.2. The van der Waals surface area contributed by atoms with Crippen LogP contribution in [0.2, 0.25) is 0 Å². The molecule has 0 saturated heterocycles. The molecule has 1 atom stereocenters. The Morgan fingerprint density at radius 2 is 0.554 bits per heavy atom. The van der Waals surface area contributed by atoms with Crippen LogP contribution in [-0.4, -0.2) is 37.2 Å². The van der Waals surface area contributed by atoms with Gasteiger partial charge in [-0.2, -0.15) is 0 Å². The summed E-state index contributed by atoms with van der Waals surface area (Å²) in [5.41, 5.74) is 0. The van der Waals surface area contributed by atoms with Gasteiger partial charge in [-0.25, -0.2) is 0 Å². The molecule has 0 amide bonds. The standard InChI is InChI=1S/C68H116O6/c1-4-7-10-13-16-19-22-24-26-28-30-32-34-36-38-40-42-44-46-49-52-55-58-61-67(70)73-64-65(63-72-66(69)60-57-54-51-48-21-18-15-12-9-6-3)74-68(71)62-59-56-53-50-47-45-43-41-39-37-35-33-31-29-27-25-23-20-17-14-11-8-5-2/h7,10,12,15-16,19,23-26,29-32,36,38,65H,4-6,8-9,11,13-14,17-18,20-22,27-28,33-35,37,39-64H2,1-3H3/b10-7-,15-12-,19-16-,25-23-,26-24-,31-29-,32-30-,38-36-. The molecule has 0 aliphatic heterocycles. The number of carbonyl (C=O) groups is 3.